The number of nitrogens with zero attached hydrogens (tertiary/aromatic N) is 3. The second-order valence-corrected chi connectivity index (χ2v) is 8.80. The van der Waals surface area contributed by atoms with Gasteiger partial charge in [-0.25, -0.2) is 8.42 Å². The molecule has 1 fully saturated rings. The molecule has 1 N–H and O–H groups in total. The Morgan fingerprint density at radius 2 is 1.81 bits per heavy atom. The van der Waals surface area contributed by atoms with Gasteiger partial charge in [0.2, 0.25) is 5.03 Å². The first-order chi connectivity index (χ1) is 12.9. The fourth-order valence-electron chi connectivity index (χ4n) is 3.30. The van der Waals surface area contributed by atoms with E-state index in [2.05, 4.69) is 10.4 Å². The largest absolute Gasteiger partial charge is 0.348 e. The lowest BCUT2D eigenvalue weighted by molar-refractivity contribution is 0.0947. The van der Waals surface area contributed by atoms with Crippen molar-refractivity contribution in [2.24, 2.45) is 7.05 Å². The normalized spacial score (nSPS) is 16.1. The Balaban J connectivity index is 1.82. The summed E-state index contributed by atoms with van der Waals surface area (Å²) in [6, 6.07) is 7.76. The van der Waals surface area contributed by atoms with Crippen LogP contribution >= 0.6 is 0 Å². The smallest absolute Gasteiger partial charge is 0.263 e. The van der Waals surface area contributed by atoms with E-state index in [4.69, 9.17) is 0 Å². The lowest BCUT2D eigenvalue weighted by Crippen LogP contribution is -2.34. The van der Waals surface area contributed by atoms with Crippen LogP contribution in [0.25, 0.3) is 0 Å². The number of sulfonamides is 1. The third-order valence-corrected chi connectivity index (χ3v) is 6.72. The van der Waals surface area contributed by atoms with Crippen molar-refractivity contribution in [2.45, 2.75) is 44.2 Å². The minimum Gasteiger partial charge on any atom is -0.348 e. The van der Waals surface area contributed by atoms with E-state index in [1.54, 1.807) is 7.05 Å². The fraction of sp³-hybridized carbons (Fsp3) is 0.474. The highest BCUT2D eigenvalue weighted by Gasteiger charge is 2.32. The number of amides is 1. The number of aryl methyl sites for hydroxylation is 2. The Bertz CT molecular complexity index is 913. The molecule has 0 atom stereocenters. The third kappa shape index (κ3) is 4.39. The zero-order valence-electron chi connectivity index (χ0n) is 15.8. The second-order valence-electron chi connectivity index (χ2n) is 6.95. The first-order valence-corrected chi connectivity index (χ1v) is 10.7. The molecule has 3 rings (SSSR count). The average Bonchev–Trinajstić information content (AvgIpc) is 2.85. The van der Waals surface area contributed by atoms with Crippen molar-refractivity contribution in [1.29, 1.82) is 0 Å². The molecule has 0 aliphatic carbocycles. The van der Waals surface area contributed by atoms with Crippen LogP contribution in [0.15, 0.2) is 35.5 Å². The van der Waals surface area contributed by atoms with Crippen molar-refractivity contribution in [3.8, 4) is 0 Å². The van der Waals surface area contributed by atoms with Crippen LogP contribution in [0, 0.1) is 6.92 Å². The predicted molar refractivity (Wildman–Crippen MR) is 103 cm³/mol. The molecule has 0 saturated carbocycles. The lowest BCUT2D eigenvalue weighted by Gasteiger charge is -2.19. The molecule has 0 bridgehead atoms. The first-order valence-electron chi connectivity index (χ1n) is 9.26. The van der Waals surface area contributed by atoms with Crippen LogP contribution in [0.4, 0.5) is 0 Å². The highest BCUT2D eigenvalue weighted by Crippen LogP contribution is 2.22. The molecule has 1 aliphatic rings. The molecule has 1 aromatic heterocycles. The number of hydrogen-bond donors (Lipinski definition) is 1. The van der Waals surface area contributed by atoms with Crippen molar-refractivity contribution in [1.82, 2.24) is 19.4 Å². The SMILES string of the molecule is Cc1ccccc1CNC(=O)c1cn(C)nc1S(=O)(=O)N1CCCCCC1. The summed E-state index contributed by atoms with van der Waals surface area (Å²) in [6.07, 6.45) is 5.19. The van der Waals surface area contributed by atoms with Gasteiger partial charge < -0.3 is 5.32 Å². The van der Waals surface area contributed by atoms with E-state index in [1.165, 1.54) is 15.2 Å². The Morgan fingerprint density at radius 3 is 2.48 bits per heavy atom. The summed E-state index contributed by atoms with van der Waals surface area (Å²) in [5.41, 5.74) is 2.16. The quantitative estimate of drug-likeness (QED) is 0.848. The summed E-state index contributed by atoms with van der Waals surface area (Å²) >= 11 is 0. The van der Waals surface area contributed by atoms with Crippen LogP contribution in [0.5, 0.6) is 0 Å². The van der Waals surface area contributed by atoms with Gasteiger partial charge in [0.1, 0.15) is 0 Å². The molecule has 1 aliphatic heterocycles. The maximum absolute atomic E-state index is 13.1. The Morgan fingerprint density at radius 1 is 1.15 bits per heavy atom. The van der Waals surface area contributed by atoms with Crippen molar-refractivity contribution in [2.75, 3.05) is 13.1 Å². The van der Waals surface area contributed by atoms with Crippen LogP contribution in [0.3, 0.4) is 0 Å². The van der Waals surface area contributed by atoms with Crippen LogP contribution in [0.1, 0.15) is 47.2 Å². The van der Waals surface area contributed by atoms with E-state index in [0.29, 0.717) is 19.6 Å². The highest BCUT2D eigenvalue weighted by molar-refractivity contribution is 7.89. The Kier molecular flexibility index (Phi) is 5.96. The van der Waals surface area contributed by atoms with Gasteiger partial charge in [0, 0.05) is 32.9 Å². The Hall–Kier alpha value is -2.19. The molecule has 1 aromatic carbocycles. The maximum atomic E-state index is 13.1. The molecule has 0 spiro atoms. The number of hydrogen-bond acceptors (Lipinski definition) is 4. The topological polar surface area (TPSA) is 84.3 Å². The number of carbonyl (C=O) groups is 1. The van der Waals surface area contributed by atoms with Gasteiger partial charge in [0.05, 0.1) is 5.56 Å². The van der Waals surface area contributed by atoms with Gasteiger partial charge in [0.15, 0.2) is 0 Å². The van der Waals surface area contributed by atoms with Gasteiger partial charge in [-0.1, -0.05) is 37.1 Å². The molecule has 8 heteroatoms. The molecule has 0 unspecified atom stereocenters. The van der Waals surface area contributed by atoms with Gasteiger partial charge in [-0.05, 0) is 30.9 Å². The average molecular weight is 391 g/mol. The molecule has 2 heterocycles. The molecule has 27 heavy (non-hydrogen) atoms. The van der Waals surface area contributed by atoms with Crippen molar-refractivity contribution >= 4 is 15.9 Å². The number of rotatable bonds is 5. The molecule has 2 aromatic rings. The molecule has 1 saturated heterocycles. The van der Waals surface area contributed by atoms with E-state index in [0.717, 1.165) is 36.8 Å². The standard InChI is InChI=1S/C19H26N4O3S/c1-15-9-5-6-10-16(15)13-20-18(24)17-14-22(2)21-19(17)27(25,26)23-11-7-3-4-8-12-23/h5-6,9-10,14H,3-4,7-8,11-13H2,1-2H3,(H,20,24). The van der Waals surface area contributed by atoms with Gasteiger partial charge >= 0.3 is 0 Å². The Labute approximate surface area is 160 Å². The predicted octanol–water partition coefficient (Wildman–Crippen LogP) is 2.22. The zero-order chi connectivity index (χ0) is 19.4. The van der Waals surface area contributed by atoms with E-state index < -0.39 is 15.9 Å². The van der Waals surface area contributed by atoms with Crippen LogP contribution in [0.2, 0.25) is 0 Å². The fourth-order valence-corrected chi connectivity index (χ4v) is 4.94. The van der Waals surface area contributed by atoms with E-state index >= 15 is 0 Å². The minimum atomic E-state index is -3.79. The summed E-state index contributed by atoms with van der Waals surface area (Å²) in [5.74, 6) is -0.431. The highest BCUT2D eigenvalue weighted by atomic mass is 32.2. The molecule has 146 valence electrons. The lowest BCUT2D eigenvalue weighted by atomic mass is 10.1. The van der Waals surface area contributed by atoms with Gasteiger partial charge in [-0.3, -0.25) is 9.48 Å². The van der Waals surface area contributed by atoms with Crippen LogP contribution < -0.4 is 5.32 Å². The number of carbonyl (C=O) groups excluding carboxylic acids is 1. The zero-order valence-corrected chi connectivity index (χ0v) is 16.6. The summed E-state index contributed by atoms with van der Waals surface area (Å²) in [7, 11) is -2.17. The van der Waals surface area contributed by atoms with Crippen molar-refractivity contribution in [3.05, 3.63) is 47.2 Å². The second kappa shape index (κ2) is 8.22. The number of nitrogens with one attached hydrogen (secondary N) is 1. The molecule has 7 nitrogen and oxygen atoms in total. The first kappa shape index (κ1) is 19.6. The van der Waals surface area contributed by atoms with Crippen molar-refractivity contribution in [3.63, 3.8) is 0 Å². The van der Waals surface area contributed by atoms with Gasteiger partial charge in [-0.2, -0.15) is 9.40 Å². The minimum absolute atomic E-state index is 0.0929. The number of benzene rings is 1. The van der Waals surface area contributed by atoms with Crippen molar-refractivity contribution < 1.29 is 13.2 Å². The monoisotopic (exact) mass is 390 g/mol. The van der Waals surface area contributed by atoms with Gasteiger partial charge in [0.25, 0.3) is 15.9 Å². The summed E-state index contributed by atoms with van der Waals surface area (Å²) in [4.78, 5) is 12.7. The summed E-state index contributed by atoms with van der Waals surface area (Å²) < 4.78 is 29.0. The maximum Gasteiger partial charge on any atom is 0.263 e. The van der Waals surface area contributed by atoms with Crippen LogP contribution in [-0.2, 0) is 23.6 Å². The van der Waals surface area contributed by atoms with E-state index in [9.17, 15) is 13.2 Å². The van der Waals surface area contributed by atoms with E-state index in [1.807, 2.05) is 31.2 Å². The third-order valence-electron chi connectivity index (χ3n) is 4.89. The number of aromatic nitrogens is 2. The van der Waals surface area contributed by atoms with Gasteiger partial charge in [-0.15, -0.1) is 0 Å². The summed E-state index contributed by atoms with van der Waals surface area (Å²) in [5, 5.41) is 6.77. The molecule has 0 radical (unpaired) electrons. The summed E-state index contributed by atoms with van der Waals surface area (Å²) in [6.45, 7) is 3.26. The van der Waals surface area contributed by atoms with E-state index in [-0.39, 0.29) is 10.6 Å². The molecular formula is C19H26N4O3S. The van der Waals surface area contributed by atoms with Crippen LogP contribution in [-0.4, -0.2) is 41.5 Å². The molecule has 1 amide bonds. The molecular weight excluding hydrogens is 364 g/mol.